The van der Waals surface area contributed by atoms with Crippen LogP contribution in [-0.2, 0) is 14.2 Å². The van der Waals surface area contributed by atoms with Crippen LogP contribution in [0, 0.1) is 0 Å². The predicted octanol–water partition coefficient (Wildman–Crippen LogP) is 3.05. The molecule has 0 saturated carbocycles. The van der Waals surface area contributed by atoms with Gasteiger partial charge in [0, 0.05) is 0 Å². The molecule has 0 amide bonds. The van der Waals surface area contributed by atoms with E-state index in [1.807, 2.05) is 0 Å². The molecule has 0 N–H and O–H groups in total. The van der Waals surface area contributed by atoms with Crippen molar-refractivity contribution in [2.45, 2.75) is 31.5 Å². The SMILES string of the molecule is C(OCC1CO1)C1CO1.C1=C(c2ccccc2)CCC1. The molecule has 4 rings (SSSR count). The second-order valence-corrected chi connectivity index (χ2v) is 5.44. The number of allylic oxidation sites excluding steroid dienone is 2. The molecule has 0 bridgehead atoms. The Hall–Kier alpha value is -1.16. The van der Waals surface area contributed by atoms with E-state index in [0.717, 1.165) is 26.4 Å². The van der Waals surface area contributed by atoms with Crippen LogP contribution in [0.15, 0.2) is 36.4 Å². The normalized spacial score (nSPS) is 26.5. The van der Waals surface area contributed by atoms with E-state index in [9.17, 15) is 0 Å². The zero-order valence-corrected chi connectivity index (χ0v) is 11.8. The van der Waals surface area contributed by atoms with Gasteiger partial charge in [-0.2, -0.15) is 0 Å². The number of rotatable bonds is 5. The fraction of sp³-hybridized carbons (Fsp3) is 0.529. The molecular formula is C17H22O3. The summed E-state index contributed by atoms with van der Waals surface area (Å²) in [5.41, 5.74) is 2.94. The van der Waals surface area contributed by atoms with Gasteiger partial charge in [0.05, 0.1) is 26.4 Å². The third kappa shape index (κ3) is 4.75. The number of hydrogen-bond donors (Lipinski definition) is 0. The minimum Gasteiger partial charge on any atom is -0.376 e. The molecule has 1 aromatic rings. The third-order valence-corrected chi connectivity index (χ3v) is 3.60. The second kappa shape index (κ2) is 7.02. The molecule has 2 unspecified atom stereocenters. The maximum Gasteiger partial charge on any atom is 0.104 e. The van der Waals surface area contributed by atoms with Crippen molar-refractivity contribution in [2.24, 2.45) is 0 Å². The molecule has 0 radical (unpaired) electrons. The van der Waals surface area contributed by atoms with Crippen molar-refractivity contribution in [1.82, 2.24) is 0 Å². The van der Waals surface area contributed by atoms with Crippen LogP contribution in [0.5, 0.6) is 0 Å². The molecule has 2 atom stereocenters. The Morgan fingerprint density at radius 3 is 2.15 bits per heavy atom. The van der Waals surface area contributed by atoms with Gasteiger partial charge in [-0.1, -0.05) is 36.4 Å². The van der Waals surface area contributed by atoms with Crippen LogP contribution >= 0.6 is 0 Å². The summed E-state index contributed by atoms with van der Waals surface area (Å²) < 4.78 is 15.1. The molecule has 2 fully saturated rings. The molecule has 1 aliphatic carbocycles. The van der Waals surface area contributed by atoms with Crippen molar-refractivity contribution >= 4 is 5.57 Å². The minimum absolute atomic E-state index is 0.392. The van der Waals surface area contributed by atoms with Gasteiger partial charge >= 0.3 is 0 Å². The maximum absolute atomic E-state index is 5.23. The molecule has 3 heteroatoms. The highest BCUT2D eigenvalue weighted by atomic mass is 16.6. The summed E-state index contributed by atoms with van der Waals surface area (Å²) in [6.45, 7) is 3.26. The fourth-order valence-electron chi connectivity index (χ4n) is 2.24. The van der Waals surface area contributed by atoms with Crippen molar-refractivity contribution in [3.8, 4) is 0 Å². The molecule has 3 nitrogen and oxygen atoms in total. The van der Waals surface area contributed by atoms with Crippen molar-refractivity contribution < 1.29 is 14.2 Å². The summed E-state index contributed by atoms with van der Waals surface area (Å²) in [5, 5.41) is 0. The van der Waals surface area contributed by atoms with E-state index < -0.39 is 0 Å². The first-order chi connectivity index (χ1) is 9.92. The Morgan fingerprint density at radius 1 is 1.00 bits per heavy atom. The van der Waals surface area contributed by atoms with E-state index in [0.29, 0.717) is 12.2 Å². The molecule has 2 saturated heterocycles. The van der Waals surface area contributed by atoms with E-state index in [1.165, 1.54) is 30.4 Å². The number of epoxide rings is 2. The summed E-state index contributed by atoms with van der Waals surface area (Å²) in [7, 11) is 0. The highest BCUT2D eigenvalue weighted by Gasteiger charge is 2.26. The summed E-state index contributed by atoms with van der Waals surface area (Å²) in [4.78, 5) is 0. The van der Waals surface area contributed by atoms with E-state index in [4.69, 9.17) is 14.2 Å². The summed E-state index contributed by atoms with van der Waals surface area (Å²) in [6.07, 6.45) is 7.01. The second-order valence-electron chi connectivity index (χ2n) is 5.44. The van der Waals surface area contributed by atoms with Gasteiger partial charge in [0.2, 0.25) is 0 Å². The Labute approximate surface area is 120 Å². The van der Waals surface area contributed by atoms with Crippen molar-refractivity contribution in [1.29, 1.82) is 0 Å². The van der Waals surface area contributed by atoms with Gasteiger partial charge in [0.25, 0.3) is 0 Å². The molecule has 0 aromatic heterocycles. The lowest BCUT2D eigenvalue weighted by Gasteiger charge is -1.99. The zero-order valence-electron chi connectivity index (χ0n) is 11.8. The zero-order chi connectivity index (χ0) is 13.6. The number of hydrogen-bond acceptors (Lipinski definition) is 3. The Bertz CT molecular complexity index is 421. The van der Waals surface area contributed by atoms with E-state index >= 15 is 0 Å². The summed E-state index contributed by atoms with van der Waals surface area (Å²) in [5.74, 6) is 0. The monoisotopic (exact) mass is 274 g/mol. The minimum atomic E-state index is 0.392. The van der Waals surface area contributed by atoms with Gasteiger partial charge in [-0.25, -0.2) is 0 Å². The molecule has 20 heavy (non-hydrogen) atoms. The van der Waals surface area contributed by atoms with E-state index in [-0.39, 0.29) is 0 Å². The standard InChI is InChI=1S/C11H12.C6H10O3/c1-2-6-10(7-3-1)11-8-4-5-9-11;1(5-3-8-5)7-2-6-4-9-6/h1-3,6-8H,4-5,9H2;5-6H,1-4H2. The average Bonchev–Trinajstić information content (AvgIpc) is 3.43. The van der Waals surface area contributed by atoms with Gasteiger partial charge in [0.15, 0.2) is 0 Å². The van der Waals surface area contributed by atoms with Crippen molar-refractivity contribution in [2.75, 3.05) is 26.4 Å². The molecule has 108 valence electrons. The van der Waals surface area contributed by atoms with Gasteiger partial charge in [-0.3, -0.25) is 0 Å². The van der Waals surface area contributed by atoms with Gasteiger partial charge in [-0.15, -0.1) is 0 Å². The lowest BCUT2D eigenvalue weighted by atomic mass is 10.1. The Balaban J connectivity index is 0.000000123. The number of ether oxygens (including phenoxy) is 3. The first-order valence-electron chi connectivity index (χ1n) is 7.47. The van der Waals surface area contributed by atoms with Crippen LogP contribution < -0.4 is 0 Å². The molecule has 0 spiro atoms. The average molecular weight is 274 g/mol. The van der Waals surface area contributed by atoms with Crippen molar-refractivity contribution in [3.05, 3.63) is 42.0 Å². The Kier molecular flexibility index (Phi) is 4.85. The van der Waals surface area contributed by atoms with Crippen LogP contribution in [0.25, 0.3) is 5.57 Å². The van der Waals surface area contributed by atoms with E-state index in [2.05, 4.69) is 36.4 Å². The lowest BCUT2D eigenvalue weighted by Crippen LogP contribution is -2.06. The topological polar surface area (TPSA) is 34.3 Å². The van der Waals surface area contributed by atoms with Gasteiger partial charge in [0.1, 0.15) is 12.2 Å². The van der Waals surface area contributed by atoms with Crippen LogP contribution in [-0.4, -0.2) is 38.6 Å². The first kappa shape index (κ1) is 13.8. The highest BCUT2D eigenvalue weighted by molar-refractivity contribution is 5.66. The number of benzene rings is 1. The van der Waals surface area contributed by atoms with Gasteiger partial charge in [-0.05, 0) is 30.4 Å². The first-order valence-corrected chi connectivity index (χ1v) is 7.47. The van der Waals surface area contributed by atoms with Crippen LogP contribution in [0.1, 0.15) is 24.8 Å². The smallest absolute Gasteiger partial charge is 0.104 e. The molecule has 2 aliphatic heterocycles. The van der Waals surface area contributed by atoms with Gasteiger partial charge < -0.3 is 14.2 Å². The molecule has 1 aromatic carbocycles. The maximum atomic E-state index is 5.23. The van der Waals surface area contributed by atoms with Crippen molar-refractivity contribution in [3.63, 3.8) is 0 Å². The Morgan fingerprint density at radius 2 is 1.65 bits per heavy atom. The highest BCUT2D eigenvalue weighted by Crippen LogP contribution is 2.26. The lowest BCUT2D eigenvalue weighted by molar-refractivity contribution is 0.102. The van der Waals surface area contributed by atoms with Crippen LogP contribution in [0.3, 0.4) is 0 Å². The molecule has 3 aliphatic rings. The fourth-order valence-corrected chi connectivity index (χ4v) is 2.24. The van der Waals surface area contributed by atoms with Crippen LogP contribution in [0.2, 0.25) is 0 Å². The molecular weight excluding hydrogens is 252 g/mol. The quantitative estimate of drug-likeness (QED) is 0.774. The third-order valence-electron chi connectivity index (χ3n) is 3.60. The predicted molar refractivity (Wildman–Crippen MR) is 78.6 cm³/mol. The molecule has 2 heterocycles. The summed E-state index contributed by atoms with van der Waals surface area (Å²) in [6, 6.07) is 10.7. The van der Waals surface area contributed by atoms with E-state index in [1.54, 1.807) is 0 Å². The van der Waals surface area contributed by atoms with Crippen LogP contribution in [0.4, 0.5) is 0 Å². The summed E-state index contributed by atoms with van der Waals surface area (Å²) >= 11 is 0. The largest absolute Gasteiger partial charge is 0.376 e.